The van der Waals surface area contributed by atoms with Crippen molar-refractivity contribution < 1.29 is 32.3 Å². The maximum Gasteiger partial charge on any atom is 0.418 e. The second-order valence-electron chi connectivity index (χ2n) is 3.97. The number of aliphatic hydroxyl groups is 1. The summed E-state index contributed by atoms with van der Waals surface area (Å²) in [6.45, 7) is -0.212. The first-order valence-corrected chi connectivity index (χ1v) is 5.82. The fourth-order valence-corrected chi connectivity index (χ4v) is 1.40. The van der Waals surface area contributed by atoms with Crippen molar-refractivity contribution in [2.24, 2.45) is 0 Å². The zero-order valence-electron chi connectivity index (χ0n) is 10.6. The highest BCUT2D eigenvalue weighted by Gasteiger charge is 2.34. The van der Waals surface area contributed by atoms with Crippen molar-refractivity contribution in [3.63, 3.8) is 0 Å². The van der Waals surface area contributed by atoms with Crippen LogP contribution in [0.5, 0.6) is 0 Å². The van der Waals surface area contributed by atoms with Crippen LogP contribution in [0.1, 0.15) is 12.0 Å². The van der Waals surface area contributed by atoms with E-state index in [4.69, 9.17) is 5.11 Å². The van der Waals surface area contributed by atoms with Crippen molar-refractivity contribution in [1.29, 1.82) is 0 Å². The number of aliphatic hydroxyl groups excluding tert-OH is 1. The Morgan fingerprint density at radius 3 is 2.43 bits per heavy atom. The van der Waals surface area contributed by atoms with Crippen LogP contribution in [0.25, 0.3) is 0 Å². The number of carbonyl (C=O) groups excluding carboxylic acids is 2. The molecule has 0 bridgehead atoms. The fourth-order valence-electron chi connectivity index (χ4n) is 1.40. The van der Waals surface area contributed by atoms with Crippen LogP contribution < -0.4 is 10.6 Å². The van der Waals surface area contributed by atoms with Crippen molar-refractivity contribution in [2.75, 3.05) is 18.5 Å². The Morgan fingerprint density at radius 1 is 1.19 bits per heavy atom. The second-order valence-corrected chi connectivity index (χ2v) is 3.97. The van der Waals surface area contributed by atoms with Crippen molar-refractivity contribution >= 4 is 17.5 Å². The molecule has 0 fully saturated rings. The Bertz CT molecular complexity index is 532. The van der Waals surface area contributed by atoms with Gasteiger partial charge in [0, 0.05) is 13.2 Å². The Morgan fingerprint density at radius 2 is 1.86 bits per heavy atom. The third kappa shape index (κ3) is 5.03. The molecule has 2 amide bonds. The van der Waals surface area contributed by atoms with Gasteiger partial charge in [-0.25, -0.2) is 4.39 Å². The van der Waals surface area contributed by atoms with Crippen LogP contribution in [0.2, 0.25) is 0 Å². The van der Waals surface area contributed by atoms with E-state index >= 15 is 0 Å². The van der Waals surface area contributed by atoms with Gasteiger partial charge in [0.15, 0.2) is 0 Å². The summed E-state index contributed by atoms with van der Waals surface area (Å²) in [6.07, 6.45) is -4.68. The molecule has 0 saturated heterocycles. The zero-order chi connectivity index (χ0) is 16.0. The maximum atomic E-state index is 12.9. The van der Waals surface area contributed by atoms with E-state index in [0.29, 0.717) is 0 Å². The first kappa shape index (κ1) is 16.9. The molecule has 5 nitrogen and oxygen atoms in total. The van der Waals surface area contributed by atoms with Crippen molar-refractivity contribution in [2.45, 2.75) is 12.6 Å². The molecule has 9 heteroatoms. The first-order chi connectivity index (χ1) is 9.75. The van der Waals surface area contributed by atoms with E-state index in [-0.39, 0.29) is 25.6 Å². The third-order valence-electron chi connectivity index (χ3n) is 2.36. The van der Waals surface area contributed by atoms with Crippen LogP contribution in [0.4, 0.5) is 23.2 Å². The van der Waals surface area contributed by atoms with Crippen molar-refractivity contribution in [1.82, 2.24) is 5.32 Å². The van der Waals surface area contributed by atoms with E-state index in [2.05, 4.69) is 5.32 Å². The van der Waals surface area contributed by atoms with Gasteiger partial charge in [-0.05, 0) is 24.6 Å². The highest BCUT2D eigenvalue weighted by atomic mass is 19.4. The summed E-state index contributed by atoms with van der Waals surface area (Å²) in [5.74, 6) is -3.58. The number of rotatable bonds is 4. The van der Waals surface area contributed by atoms with E-state index in [0.717, 1.165) is 12.1 Å². The van der Waals surface area contributed by atoms with Gasteiger partial charge in [0.1, 0.15) is 5.82 Å². The predicted molar refractivity (Wildman–Crippen MR) is 64.7 cm³/mol. The van der Waals surface area contributed by atoms with Gasteiger partial charge >= 0.3 is 18.0 Å². The highest BCUT2D eigenvalue weighted by Crippen LogP contribution is 2.35. The minimum atomic E-state index is -4.88. The Hall–Kier alpha value is -2.16. The summed E-state index contributed by atoms with van der Waals surface area (Å²) < 4.78 is 50.9. The number of anilines is 1. The fraction of sp³-hybridized carbons (Fsp3) is 0.333. The lowest BCUT2D eigenvalue weighted by atomic mass is 10.1. The number of carbonyl (C=O) groups is 2. The molecule has 0 unspecified atom stereocenters. The highest BCUT2D eigenvalue weighted by molar-refractivity contribution is 6.39. The topological polar surface area (TPSA) is 78.4 Å². The average Bonchev–Trinajstić information content (AvgIpc) is 2.39. The van der Waals surface area contributed by atoms with E-state index in [1.54, 1.807) is 5.32 Å². The standard InChI is InChI=1S/C12H12F4N2O3/c13-7-2-3-9(8(6-7)12(14,15)16)18-11(21)10(20)17-4-1-5-19/h2-3,6,19H,1,4-5H2,(H,17,20)(H,18,21). The van der Waals surface area contributed by atoms with Crippen LogP contribution in [0.3, 0.4) is 0 Å². The van der Waals surface area contributed by atoms with Gasteiger partial charge in [-0.3, -0.25) is 9.59 Å². The quantitative estimate of drug-likeness (QED) is 0.445. The van der Waals surface area contributed by atoms with Crippen LogP contribution in [-0.2, 0) is 15.8 Å². The maximum absolute atomic E-state index is 12.9. The molecule has 0 spiro atoms. The lowest BCUT2D eigenvalue weighted by Crippen LogP contribution is -2.36. The van der Waals surface area contributed by atoms with Gasteiger partial charge in [-0.2, -0.15) is 13.2 Å². The van der Waals surface area contributed by atoms with E-state index in [9.17, 15) is 27.2 Å². The molecular weight excluding hydrogens is 296 g/mol. The molecule has 1 aromatic rings. The smallest absolute Gasteiger partial charge is 0.396 e. The molecule has 0 aromatic heterocycles. The first-order valence-electron chi connectivity index (χ1n) is 5.82. The lowest BCUT2D eigenvalue weighted by molar-refractivity contribution is -0.138. The number of benzene rings is 1. The van der Waals surface area contributed by atoms with Crippen LogP contribution in [-0.4, -0.2) is 30.1 Å². The summed E-state index contributed by atoms with van der Waals surface area (Å²) in [6, 6.07) is 1.67. The van der Waals surface area contributed by atoms with Crippen LogP contribution in [0.15, 0.2) is 18.2 Å². The molecule has 0 heterocycles. The Kier molecular flexibility index (Phi) is 5.65. The number of halogens is 4. The predicted octanol–water partition coefficient (Wildman–Crippen LogP) is 1.28. The lowest BCUT2D eigenvalue weighted by Gasteiger charge is -2.13. The van der Waals surface area contributed by atoms with Crippen LogP contribution in [0, 0.1) is 5.82 Å². The number of nitrogens with one attached hydrogen (secondary N) is 2. The molecule has 0 atom stereocenters. The van der Waals surface area contributed by atoms with Gasteiger partial charge < -0.3 is 15.7 Å². The summed E-state index contributed by atoms with van der Waals surface area (Å²) in [7, 11) is 0. The summed E-state index contributed by atoms with van der Waals surface area (Å²) >= 11 is 0. The normalized spacial score (nSPS) is 11.1. The number of alkyl halides is 3. The Balaban J connectivity index is 2.83. The minimum Gasteiger partial charge on any atom is -0.396 e. The van der Waals surface area contributed by atoms with E-state index < -0.39 is 35.1 Å². The largest absolute Gasteiger partial charge is 0.418 e. The molecule has 3 N–H and O–H groups in total. The average molecular weight is 308 g/mol. The molecule has 1 aromatic carbocycles. The van der Waals surface area contributed by atoms with Gasteiger partial charge in [0.05, 0.1) is 11.3 Å². The number of amides is 2. The van der Waals surface area contributed by atoms with E-state index in [1.807, 2.05) is 0 Å². The number of hydrogen-bond acceptors (Lipinski definition) is 3. The Labute approximate surface area is 117 Å². The molecule has 0 radical (unpaired) electrons. The summed E-state index contributed by atoms with van der Waals surface area (Å²) in [4.78, 5) is 22.7. The number of hydrogen-bond donors (Lipinski definition) is 3. The van der Waals surface area contributed by atoms with Gasteiger partial charge in [-0.1, -0.05) is 0 Å². The summed E-state index contributed by atoms with van der Waals surface area (Å²) in [5.41, 5.74) is -2.11. The molecule has 21 heavy (non-hydrogen) atoms. The third-order valence-corrected chi connectivity index (χ3v) is 2.36. The van der Waals surface area contributed by atoms with Gasteiger partial charge in [-0.15, -0.1) is 0 Å². The molecule has 0 aliphatic heterocycles. The monoisotopic (exact) mass is 308 g/mol. The van der Waals surface area contributed by atoms with Gasteiger partial charge in [0.25, 0.3) is 0 Å². The minimum absolute atomic E-state index is 0.00169. The SMILES string of the molecule is O=C(NCCCO)C(=O)Nc1ccc(F)cc1C(F)(F)F. The zero-order valence-corrected chi connectivity index (χ0v) is 10.6. The molecule has 1 rings (SSSR count). The molecule has 0 aliphatic carbocycles. The van der Waals surface area contributed by atoms with Crippen molar-refractivity contribution in [3.05, 3.63) is 29.6 Å². The molecular formula is C12H12F4N2O3. The summed E-state index contributed by atoms with van der Waals surface area (Å²) in [5, 5.41) is 12.4. The molecule has 116 valence electrons. The van der Waals surface area contributed by atoms with E-state index in [1.165, 1.54) is 0 Å². The van der Waals surface area contributed by atoms with Crippen molar-refractivity contribution in [3.8, 4) is 0 Å². The second kappa shape index (κ2) is 7.02. The molecule has 0 aliphatic rings. The van der Waals surface area contributed by atoms with Crippen LogP contribution >= 0.6 is 0 Å². The van der Waals surface area contributed by atoms with Gasteiger partial charge in [0.2, 0.25) is 0 Å². The molecule has 0 saturated carbocycles.